The number of carboxylic acids is 1. The first-order chi connectivity index (χ1) is 13.6. The number of hydrogen-bond donors (Lipinski definition) is 7. The second kappa shape index (κ2) is 11.3. The van der Waals surface area contributed by atoms with E-state index >= 15 is 0 Å². The van der Waals surface area contributed by atoms with Crippen molar-refractivity contribution in [1.82, 2.24) is 20.9 Å². The number of nitrogens with two attached hydrogens (primary N) is 1. The van der Waals surface area contributed by atoms with Crippen LogP contribution in [0, 0.1) is 0 Å². The van der Waals surface area contributed by atoms with Crippen LogP contribution in [0.3, 0.4) is 0 Å². The summed E-state index contributed by atoms with van der Waals surface area (Å²) in [7, 11) is 0. The largest absolute Gasteiger partial charge is 0.480 e. The zero-order chi connectivity index (χ0) is 22.1. The molecule has 1 aliphatic heterocycles. The molecule has 0 unspecified atom stereocenters. The van der Waals surface area contributed by atoms with Gasteiger partial charge < -0.3 is 41.9 Å². The number of carboxylic acid groups (broad SMARTS) is 1. The maximum absolute atomic E-state index is 12.3. The molecular formula is C16H27N5O8. The van der Waals surface area contributed by atoms with E-state index in [0.717, 1.165) is 0 Å². The van der Waals surface area contributed by atoms with E-state index in [9.17, 15) is 29.1 Å². The molecule has 0 aromatic rings. The van der Waals surface area contributed by atoms with Crippen molar-refractivity contribution < 1.29 is 39.3 Å². The van der Waals surface area contributed by atoms with Crippen molar-refractivity contribution in [3.63, 3.8) is 0 Å². The SMILES string of the molecule is C[C@H](NC(=O)CNC(=O)[C@H](CO)NC(=O)[C@@H](N)CO)C(=O)N1CCC[C@H]1C(=O)O. The van der Waals surface area contributed by atoms with E-state index in [1.54, 1.807) is 0 Å². The molecule has 13 heteroatoms. The van der Waals surface area contributed by atoms with Crippen LogP contribution in [0.2, 0.25) is 0 Å². The third-order valence-corrected chi connectivity index (χ3v) is 4.34. The zero-order valence-corrected chi connectivity index (χ0v) is 16.0. The second-order valence-corrected chi connectivity index (χ2v) is 6.57. The number of amides is 4. The lowest BCUT2D eigenvalue weighted by molar-refractivity contribution is -0.149. The normalized spacial score (nSPS) is 19.0. The molecule has 0 spiro atoms. The number of nitrogens with one attached hydrogen (secondary N) is 3. The molecule has 4 amide bonds. The highest BCUT2D eigenvalue weighted by atomic mass is 16.4. The average Bonchev–Trinajstić information content (AvgIpc) is 3.18. The van der Waals surface area contributed by atoms with E-state index in [1.165, 1.54) is 11.8 Å². The van der Waals surface area contributed by atoms with Crippen molar-refractivity contribution in [3.8, 4) is 0 Å². The van der Waals surface area contributed by atoms with Crippen molar-refractivity contribution in [2.24, 2.45) is 5.73 Å². The average molecular weight is 417 g/mol. The first-order valence-electron chi connectivity index (χ1n) is 9.00. The molecule has 8 N–H and O–H groups in total. The predicted octanol–water partition coefficient (Wildman–Crippen LogP) is -4.52. The van der Waals surface area contributed by atoms with E-state index in [4.69, 9.17) is 15.9 Å². The number of carbonyl (C=O) groups excluding carboxylic acids is 4. The topological polar surface area (TPSA) is 211 Å². The Bertz CT molecular complexity index is 643. The van der Waals surface area contributed by atoms with Gasteiger partial charge >= 0.3 is 5.97 Å². The molecule has 0 radical (unpaired) electrons. The van der Waals surface area contributed by atoms with Crippen LogP contribution in [0.5, 0.6) is 0 Å². The molecule has 1 fully saturated rings. The molecule has 1 saturated heterocycles. The van der Waals surface area contributed by atoms with Gasteiger partial charge in [0.2, 0.25) is 23.6 Å². The fraction of sp³-hybridized carbons (Fsp3) is 0.688. The second-order valence-electron chi connectivity index (χ2n) is 6.57. The highest BCUT2D eigenvalue weighted by molar-refractivity contribution is 5.94. The third kappa shape index (κ3) is 6.96. The summed E-state index contributed by atoms with van der Waals surface area (Å²) >= 11 is 0. The van der Waals surface area contributed by atoms with E-state index in [-0.39, 0.29) is 6.54 Å². The number of aliphatic carboxylic acids is 1. The monoisotopic (exact) mass is 417 g/mol. The summed E-state index contributed by atoms with van der Waals surface area (Å²) in [6.45, 7) is -0.290. The highest BCUT2D eigenvalue weighted by Gasteiger charge is 2.36. The van der Waals surface area contributed by atoms with Crippen LogP contribution in [-0.2, 0) is 24.0 Å². The Kier molecular flexibility index (Phi) is 9.44. The maximum Gasteiger partial charge on any atom is 0.326 e. The van der Waals surface area contributed by atoms with Crippen LogP contribution >= 0.6 is 0 Å². The van der Waals surface area contributed by atoms with Crippen LogP contribution in [0.25, 0.3) is 0 Å². The van der Waals surface area contributed by atoms with Crippen LogP contribution in [-0.4, -0.2) is 100 Å². The van der Waals surface area contributed by atoms with Gasteiger partial charge in [-0.1, -0.05) is 0 Å². The van der Waals surface area contributed by atoms with Gasteiger partial charge in [0.1, 0.15) is 24.2 Å². The summed E-state index contributed by atoms with van der Waals surface area (Å²) in [6, 6.07) is -4.59. The third-order valence-electron chi connectivity index (χ3n) is 4.34. The number of rotatable bonds is 10. The Morgan fingerprint density at radius 3 is 2.31 bits per heavy atom. The number of nitrogens with zero attached hydrogens (tertiary/aromatic N) is 1. The van der Waals surface area contributed by atoms with E-state index in [2.05, 4.69) is 16.0 Å². The smallest absolute Gasteiger partial charge is 0.326 e. The van der Waals surface area contributed by atoms with Gasteiger partial charge in [-0.2, -0.15) is 0 Å². The Morgan fingerprint density at radius 2 is 1.76 bits per heavy atom. The summed E-state index contributed by atoms with van der Waals surface area (Å²) < 4.78 is 0. The zero-order valence-electron chi connectivity index (χ0n) is 16.0. The van der Waals surface area contributed by atoms with Crippen molar-refractivity contribution in [3.05, 3.63) is 0 Å². The molecular weight excluding hydrogens is 390 g/mol. The molecule has 164 valence electrons. The van der Waals surface area contributed by atoms with Gasteiger partial charge in [0, 0.05) is 6.54 Å². The Labute approximate surface area is 166 Å². The molecule has 1 rings (SSSR count). The highest BCUT2D eigenvalue weighted by Crippen LogP contribution is 2.18. The number of aliphatic hydroxyl groups is 2. The Morgan fingerprint density at radius 1 is 1.10 bits per heavy atom. The fourth-order valence-electron chi connectivity index (χ4n) is 2.74. The van der Waals surface area contributed by atoms with Crippen LogP contribution in [0.4, 0.5) is 0 Å². The molecule has 0 bridgehead atoms. The summed E-state index contributed by atoms with van der Waals surface area (Å²) in [5.74, 6) is -4.11. The number of hydrogen-bond acceptors (Lipinski definition) is 8. The Hall–Kier alpha value is -2.77. The molecule has 29 heavy (non-hydrogen) atoms. The van der Waals surface area contributed by atoms with Gasteiger partial charge in [0.25, 0.3) is 0 Å². The minimum absolute atomic E-state index is 0.278. The van der Waals surface area contributed by atoms with Gasteiger partial charge in [0.15, 0.2) is 0 Å². The molecule has 0 aromatic heterocycles. The molecule has 0 saturated carbocycles. The molecule has 1 heterocycles. The van der Waals surface area contributed by atoms with Gasteiger partial charge in [-0.3, -0.25) is 19.2 Å². The molecule has 1 aliphatic rings. The van der Waals surface area contributed by atoms with Crippen molar-refractivity contribution >= 4 is 29.6 Å². The minimum atomic E-state index is -1.38. The van der Waals surface area contributed by atoms with E-state index in [0.29, 0.717) is 12.8 Å². The summed E-state index contributed by atoms with van der Waals surface area (Å²) in [5, 5.41) is 33.8. The quantitative estimate of drug-likeness (QED) is 0.182. The number of carbonyl (C=O) groups is 5. The first-order valence-corrected chi connectivity index (χ1v) is 9.00. The predicted molar refractivity (Wildman–Crippen MR) is 97.1 cm³/mol. The van der Waals surface area contributed by atoms with Crippen molar-refractivity contribution in [2.75, 3.05) is 26.3 Å². The fourth-order valence-corrected chi connectivity index (χ4v) is 2.74. The lowest BCUT2D eigenvalue weighted by Gasteiger charge is -2.25. The minimum Gasteiger partial charge on any atom is -0.480 e. The molecule has 13 nitrogen and oxygen atoms in total. The maximum atomic E-state index is 12.3. The van der Waals surface area contributed by atoms with Crippen molar-refractivity contribution in [1.29, 1.82) is 0 Å². The van der Waals surface area contributed by atoms with Gasteiger partial charge in [-0.25, -0.2) is 4.79 Å². The summed E-state index contributed by atoms with van der Waals surface area (Å²) in [4.78, 5) is 60.2. The summed E-state index contributed by atoms with van der Waals surface area (Å²) in [5.41, 5.74) is 5.29. The lowest BCUT2D eigenvalue weighted by Crippen LogP contribution is -2.56. The van der Waals surface area contributed by atoms with Gasteiger partial charge in [-0.15, -0.1) is 0 Å². The molecule has 0 aliphatic carbocycles. The van der Waals surface area contributed by atoms with Crippen LogP contribution < -0.4 is 21.7 Å². The van der Waals surface area contributed by atoms with Gasteiger partial charge in [-0.05, 0) is 19.8 Å². The van der Waals surface area contributed by atoms with E-state index in [1.807, 2.05) is 0 Å². The van der Waals surface area contributed by atoms with E-state index < -0.39 is 73.5 Å². The Balaban J connectivity index is 2.50. The van der Waals surface area contributed by atoms with Crippen LogP contribution in [0.15, 0.2) is 0 Å². The standard InChI is InChI=1S/C16H27N5O8/c1-8(15(27)21-4-2-3-11(21)16(28)29)19-12(24)5-18-14(26)10(7-23)20-13(25)9(17)6-22/h8-11,22-23H,2-7,17H2,1H3,(H,18,26)(H,19,24)(H,20,25)(H,28,29)/t8-,9-,10-,11-/m0/s1. The molecule has 0 aromatic carbocycles. The van der Waals surface area contributed by atoms with Gasteiger partial charge in [0.05, 0.1) is 19.8 Å². The first kappa shape index (κ1) is 24.3. The van der Waals surface area contributed by atoms with Crippen molar-refractivity contribution in [2.45, 2.75) is 43.9 Å². The lowest BCUT2D eigenvalue weighted by atomic mass is 10.2. The summed E-state index contributed by atoms with van der Waals surface area (Å²) in [6.07, 6.45) is 0.889. The van der Waals surface area contributed by atoms with Crippen LogP contribution in [0.1, 0.15) is 19.8 Å². The number of aliphatic hydroxyl groups excluding tert-OH is 2. The molecule has 4 atom stereocenters. The number of likely N-dealkylation sites (tertiary alicyclic amines) is 1.